The third-order valence-electron chi connectivity index (χ3n) is 2.68. The van der Waals surface area contributed by atoms with Crippen LogP contribution in [0, 0.1) is 6.92 Å². The van der Waals surface area contributed by atoms with Crippen molar-refractivity contribution in [2.45, 2.75) is 20.0 Å². The van der Waals surface area contributed by atoms with Crippen molar-refractivity contribution in [1.29, 1.82) is 0 Å². The highest BCUT2D eigenvalue weighted by atomic mass is 16.5. The van der Waals surface area contributed by atoms with E-state index in [2.05, 4.69) is 13.0 Å². The molecule has 0 radical (unpaired) electrons. The summed E-state index contributed by atoms with van der Waals surface area (Å²) in [6.07, 6.45) is 0.000278. The first-order chi connectivity index (χ1) is 8.15. The Morgan fingerprint density at radius 3 is 2.53 bits per heavy atom. The summed E-state index contributed by atoms with van der Waals surface area (Å²) in [5, 5.41) is 0. The van der Waals surface area contributed by atoms with Gasteiger partial charge in [0.15, 0.2) is 0 Å². The van der Waals surface area contributed by atoms with E-state index in [1.807, 2.05) is 49.4 Å². The first kappa shape index (κ1) is 11.5. The van der Waals surface area contributed by atoms with Gasteiger partial charge in [0.25, 0.3) is 0 Å². The molecule has 0 saturated heterocycles. The molecule has 0 fully saturated rings. The molecule has 2 heteroatoms. The van der Waals surface area contributed by atoms with Crippen LogP contribution in [0.5, 0.6) is 5.75 Å². The van der Waals surface area contributed by atoms with Crippen LogP contribution in [0.4, 0.5) is 5.69 Å². The predicted molar refractivity (Wildman–Crippen MR) is 71.1 cm³/mol. The van der Waals surface area contributed by atoms with E-state index in [0.717, 1.165) is 17.0 Å². The van der Waals surface area contributed by atoms with E-state index in [1.165, 1.54) is 5.56 Å². The third kappa shape index (κ3) is 3.00. The molecule has 0 aliphatic carbocycles. The Morgan fingerprint density at radius 1 is 1.06 bits per heavy atom. The van der Waals surface area contributed by atoms with E-state index in [9.17, 15) is 0 Å². The molecule has 2 aromatic carbocycles. The predicted octanol–water partition coefficient (Wildman–Crippen LogP) is 3.72. The Morgan fingerprint density at radius 2 is 1.82 bits per heavy atom. The monoisotopic (exact) mass is 227 g/mol. The van der Waals surface area contributed by atoms with Gasteiger partial charge in [0.2, 0.25) is 0 Å². The zero-order valence-corrected chi connectivity index (χ0v) is 10.2. The van der Waals surface area contributed by atoms with Gasteiger partial charge in [-0.25, -0.2) is 0 Å². The lowest BCUT2D eigenvalue weighted by Gasteiger charge is -2.15. The van der Waals surface area contributed by atoms with Gasteiger partial charge in [-0.05, 0) is 49.2 Å². The first-order valence-corrected chi connectivity index (χ1v) is 5.74. The number of benzene rings is 2. The number of nitrogens with two attached hydrogens (primary N) is 1. The molecule has 2 nitrogen and oxygen atoms in total. The van der Waals surface area contributed by atoms with Crippen molar-refractivity contribution >= 4 is 5.69 Å². The Balaban J connectivity index is 2.14. The maximum absolute atomic E-state index is 5.88. The Kier molecular flexibility index (Phi) is 3.33. The number of ether oxygens (including phenoxy) is 1. The zero-order valence-electron chi connectivity index (χ0n) is 10.2. The SMILES string of the molecule is Cc1cccc(OC(C)c2cccc(N)c2)c1. The average Bonchev–Trinajstić information content (AvgIpc) is 2.29. The quantitative estimate of drug-likeness (QED) is 0.811. The van der Waals surface area contributed by atoms with Crippen LogP contribution < -0.4 is 10.5 Å². The minimum Gasteiger partial charge on any atom is -0.486 e. The van der Waals surface area contributed by atoms with Gasteiger partial charge in [0.05, 0.1) is 0 Å². The molecule has 0 saturated carbocycles. The summed E-state index contributed by atoms with van der Waals surface area (Å²) < 4.78 is 5.88. The fraction of sp³-hybridized carbons (Fsp3) is 0.200. The van der Waals surface area contributed by atoms with Gasteiger partial charge in [-0.3, -0.25) is 0 Å². The van der Waals surface area contributed by atoms with Gasteiger partial charge in [-0.15, -0.1) is 0 Å². The van der Waals surface area contributed by atoms with E-state index in [-0.39, 0.29) is 6.10 Å². The van der Waals surface area contributed by atoms with Gasteiger partial charge >= 0.3 is 0 Å². The number of aryl methyl sites for hydroxylation is 1. The van der Waals surface area contributed by atoms with E-state index in [4.69, 9.17) is 10.5 Å². The van der Waals surface area contributed by atoms with E-state index < -0.39 is 0 Å². The number of hydrogen-bond acceptors (Lipinski definition) is 2. The molecule has 1 atom stereocenters. The smallest absolute Gasteiger partial charge is 0.121 e. The van der Waals surface area contributed by atoms with Crippen LogP contribution >= 0.6 is 0 Å². The van der Waals surface area contributed by atoms with Crippen molar-refractivity contribution in [2.75, 3.05) is 5.73 Å². The van der Waals surface area contributed by atoms with Crippen LogP contribution in [0.1, 0.15) is 24.2 Å². The molecule has 0 aromatic heterocycles. The summed E-state index contributed by atoms with van der Waals surface area (Å²) in [7, 11) is 0. The summed E-state index contributed by atoms with van der Waals surface area (Å²) in [6.45, 7) is 4.08. The summed E-state index contributed by atoms with van der Waals surface area (Å²) in [5.41, 5.74) is 8.81. The lowest BCUT2D eigenvalue weighted by atomic mass is 10.1. The van der Waals surface area contributed by atoms with Crippen molar-refractivity contribution in [3.8, 4) is 5.75 Å². The van der Waals surface area contributed by atoms with E-state index in [0.29, 0.717) is 0 Å². The Labute approximate surface area is 102 Å². The molecule has 0 amide bonds. The maximum Gasteiger partial charge on any atom is 0.121 e. The molecule has 0 bridgehead atoms. The molecule has 0 spiro atoms. The second-order valence-corrected chi connectivity index (χ2v) is 4.25. The van der Waals surface area contributed by atoms with Crippen molar-refractivity contribution in [3.63, 3.8) is 0 Å². The van der Waals surface area contributed by atoms with Crippen molar-refractivity contribution in [1.82, 2.24) is 0 Å². The highest BCUT2D eigenvalue weighted by Gasteiger charge is 2.07. The van der Waals surface area contributed by atoms with E-state index in [1.54, 1.807) is 0 Å². The largest absolute Gasteiger partial charge is 0.486 e. The Hall–Kier alpha value is -1.96. The summed E-state index contributed by atoms with van der Waals surface area (Å²) >= 11 is 0. The fourth-order valence-electron chi connectivity index (χ4n) is 1.77. The topological polar surface area (TPSA) is 35.2 Å². The standard InChI is InChI=1S/C15H17NO/c1-11-5-3-8-15(9-11)17-12(2)13-6-4-7-14(16)10-13/h3-10,12H,16H2,1-2H3. The number of rotatable bonds is 3. The lowest BCUT2D eigenvalue weighted by Crippen LogP contribution is -2.03. The van der Waals surface area contributed by atoms with Crippen LogP contribution in [0.2, 0.25) is 0 Å². The van der Waals surface area contributed by atoms with Gasteiger partial charge in [-0.1, -0.05) is 24.3 Å². The average molecular weight is 227 g/mol. The van der Waals surface area contributed by atoms with E-state index >= 15 is 0 Å². The zero-order chi connectivity index (χ0) is 12.3. The van der Waals surface area contributed by atoms with Crippen molar-refractivity contribution in [2.24, 2.45) is 0 Å². The summed E-state index contributed by atoms with van der Waals surface area (Å²) in [5.74, 6) is 0.889. The molecule has 17 heavy (non-hydrogen) atoms. The van der Waals surface area contributed by atoms with Gasteiger partial charge in [0, 0.05) is 5.69 Å². The molecule has 2 N–H and O–H groups in total. The second-order valence-electron chi connectivity index (χ2n) is 4.25. The molecule has 0 aliphatic rings. The maximum atomic E-state index is 5.88. The minimum absolute atomic E-state index is 0.000278. The van der Waals surface area contributed by atoms with Gasteiger partial charge < -0.3 is 10.5 Å². The third-order valence-corrected chi connectivity index (χ3v) is 2.68. The molecule has 88 valence electrons. The van der Waals surface area contributed by atoms with Crippen molar-refractivity contribution in [3.05, 3.63) is 59.7 Å². The van der Waals surface area contributed by atoms with Gasteiger partial charge in [-0.2, -0.15) is 0 Å². The van der Waals surface area contributed by atoms with Gasteiger partial charge in [0.1, 0.15) is 11.9 Å². The number of hydrogen-bond donors (Lipinski definition) is 1. The van der Waals surface area contributed by atoms with Crippen LogP contribution in [0.3, 0.4) is 0 Å². The fourth-order valence-corrected chi connectivity index (χ4v) is 1.77. The summed E-state index contributed by atoms with van der Waals surface area (Å²) in [6, 6.07) is 15.8. The highest BCUT2D eigenvalue weighted by molar-refractivity contribution is 5.41. The van der Waals surface area contributed by atoms with Crippen LogP contribution in [-0.2, 0) is 0 Å². The normalized spacial score (nSPS) is 12.1. The van der Waals surface area contributed by atoms with Crippen LogP contribution in [0.15, 0.2) is 48.5 Å². The number of nitrogen functional groups attached to an aromatic ring is 1. The first-order valence-electron chi connectivity index (χ1n) is 5.74. The molecule has 1 unspecified atom stereocenters. The lowest BCUT2D eigenvalue weighted by molar-refractivity contribution is 0.227. The molecule has 0 aliphatic heterocycles. The molecule has 2 aromatic rings. The molecular weight excluding hydrogens is 210 g/mol. The summed E-state index contributed by atoms with van der Waals surface area (Å²) in [4.78, 5) is 0. The molecule has 0 heterocycles. The number of anilines is 1. The molecule has 2 rings (SSSR count). The van der Waals surface area contributed by atoms with Crippen molar-refractivity contribution < 1.29 is 4.74 Å². The van der Waals surface area contributed by atoms with Crippen LogP contribution in [-0.4, -0.2) is 0 Å². The Bertz CT molecular complexity index is 508. The molecular formula is C15H17NO. The van der Waals surface area contributed by atoms with Crippen LogP contribution in [0.25, 0.3) is 0 Å². The highest BCUT2D eigenvalue weighted by Crippen LogP contribution is 2.23. The minimum atomic E-state index is 0.000278. The second kappa shape index (κ2) is 4.91.